The molecule has 4 heteroatoms. The Balaban J connectivity index is 0.000000667. The van der Waals surface area contributed by atoms with E-state index in [1.54, 1.807) is 0 Å². The van der Waals surface area contributed by atoms with E-state index in [1.807, 2.05) is 0 Å². The van der Waals surface area contributed by atoms with Crippen LogP contribution in [-0.4, -0.2) is 3.49 Å². The van der Waals surface area contributed by atoms with Gasteiger partial charge in [-0.2, -0.15) is 0 Å². The molecular weight excluding hydrogens is 358 g/mol. The van der Waals surface area contributed by atoms with Gasteiger partial charge >= 0.3 is 112 Å². The average molecular weight is 368 g/mol. The molecule has 1 nitrogen and oxygen atoms in total. The molecule has 0 radical (unpaired) electrons. The zero-order valence-electron chi connectivity index (χ0n) is 9.94. The number of carbonyl (C=O) groups is 1. The van der Waals surface area contributed by atoms with Crippen molar-refractivity contribution in [1.82, 2.24) is 0 Å². The molecule has 19 heavy (non-hydrogen) atoms. The van der Waals surface area contributed by atoms with E-state index in [4.69, 9.17) is 0 Å². The standard InChI is InChI=1S/C15H10O.2ClH.Zr/c16-10-9-15-13-7-3-1-5-11(13)12-6-2-4-8-14(12)15;;;/h1-9,15H;2*1H;/q;;;+2/p-2. The molecule has 1 aliphatic heterocycles. The van der Waals surface area contributed by atoms with Crippen LogP contribution in [-0.2, 0) is 28.0 Å². The van der Waals surface area contributed by atoms with Crippen LogP contribution in [0.2, 0.25) is 3.63 Å². The SMILES string of the molecule is O=[C]1[Zr+2][CH]1C1c2ccccc2-c2ccccc21.[Cl-].[Cl-]. The van der Waals surface area contributed by atoms with Gasteiger partial charge in [-0.05, 0) is 0 Å². The molecule has 4 rings (SSSR count). The molecule has 2 aromatic rings. The largest absolute Gasteiger partial charge is 1.00 e. The summed E-state index contributed by atoms with van der Waals surface area (Å²) in [5.41, 5.74) is 5.44. The summed E-state index contributed by atoms with van der Waals surface area (Å²) >= 11 is -0.711. The van der Waals surface area contributed by atoms with Crippen LogP contribution in [0.5, 0.6) is 0 Å². The maximum atomic E-state index is 11.6. The van der Waals surface area contributed by atoms with Crippen LogP contribution in [0, 0.1) is 0 Å². The quantitative estimate of drug-likeness (QED) is 0.532. The minimum absolute atomic E-state index is 0. The third-order valence-corrected chi connectivity index (χ3v) is 6.64. The van der Waals surface area contributed by atoms with Crippen molar-refractivity contribution in [1.29, 1.82) is 0 Å². The fourth-order valence-corrected chi connectivity index (χ4v) is 5.15. The van der Waals surface area contributed by atoms with E-state index in [0.29, 0.717) is 13.0 Å². The first-order valence-electron chi connectivity index (χ1n) is 5.85. The molecule has 0 N–H and O–H groups in total. The van der Waals surface area contributed by atoms with Gasteiger partial charge in [0, 0.05) is 0 Å². The normalized spacial score (nSPS) is 18.1. The number of halogens is 2. The van der Waals surface area contributed by atoms with Crippen LogP contribution in [0.4, 0.5) is 0 Å². The number of hydrogen-bond donors (Lipinski definition) is 0. The van der Waals surface area contributed by atoms with Crippen molar-refractivity contribution in [3.8, 4) is 11.1 Å². The summed E-state index contributed by atoms with van der Waals surface area (Å²) in [6.07, 6.45) is 0. The maximum Gasteiger partial charge on any atom is -1.00 e. The van der Waals surface area contributed by atoms with Crippen molar-refractivity contribution in [3.05, 3.63) is 59.7 Å². The predicted molar refractivity (Wildman–Crippen MR) is 62.5 cm³/mol. The number of hydrogen-bond acceptors (Lipinski definition) is 1. The van der Waals surface area contributed by atoms with Gasteiger partial charge in [-0.25, -0.2) is 0 Å². The number of carbonyl (C=O) groups excluding carboxylic acids is 1. The van der Waals surface area contributed by atoms with Gasteiger partial charge in [0.1, 0.15) is 0 Å². The average Bonchev–Trinajstić information content (AvgIpc) is 2.99. The Morgan fingerprint density at radius 2 is 1.21 bits per heavy atom. The van der Waals surface area contributed by atoms with E-state index >= 15 is 0 Å². The van der Waals surface area contributed by atoms with E-state index in [1.165, 1.54) is 22.3 Å². The molecule has 2 aliphatic rings. The first kappa shape index (κ1) is 15.0. The van der Waals surface area contributed by atoms with Gasteiger partial charge in [0.15, 0.2) is 0 Å². The molecule has 2 aromatic carbocycles. The number of rotatable bonds is 1. The third-order valence-electron chi connectivity index (χ3n) is 3.71. The zero-order chi connectivity index (χ0) is 11.4. The van der Waals surface area contributed by atoms with E-state index in [-0.39, 0.29) is 24.8 Å². The Morgan fingerprint density at radius 1 is 0.789 bits per heavy atom. The minimum Gasteiger partial charge on any atom is -1.00 e. The second-order valence-corrected chi connectivity index (χ2v) is 8.09. The second kappa shape index (κ2) is 5.52. The summed E-state index contributed by atoms with van der Waals surface area (Å²) in [5.74, 6) is 0.390. The molecular formula is C15H10Cl2OZr. The van der Waals surface area contributed by atoms with Crippen molar-refractivity contribution in [2.45, 2.75) is 9.54 Å². The Kier molecular flexibility index (Phi) is 4.35. The molecule has 1 unspecified atom stereocenters. The van der Waals surface area contributed by atoms with Gasteiger partial charge < -0.3 is 24.8 Å². The van der Waals surface area contributed by atoms with Gasteiger partial charge in [0.25, 0.3) is 0 Å². The molecule has 0 saturated carbocycles. The van der Waals surface area contributed by atoms with Gasteiger partial charge in [-0.15, -0.1) is 0 Å². The van der Waals surface area contributed by atoms with E-state index < -0.39 is 23.2 Å². The minimum atomic E-state index is -0.711. The summed E-state index contributed by atoms with van der Waals surface area (Å²) in [6.45, 7) is 0. The molecule has 1 aliphatic carbocycles. The number of fused-ring (bicyclic) bond motifs is 3. The van der Waals surface area contributed by atoms with Crippen molar-refractivity contribution in [2.24, 2.45) is 0 Å². The summed E-state index contributed by atoms with van der Waals surface area (Å²) in [7, 11) is 0. The number of benzene rings is 2. The second-order valence-electron chi connectivity index (χ2n) is 4.64. The molecule has 0 amide bonds. The molecule has 1 fully saturated rings. The Hall–Kier alpha value is -0.427. The van der Waals surface area contributed by atoms with Crippen molar-refractivity contribution in [2.75, 3.05) is 0 Å². The Labute approximate surface area is 136 Å². The fraction of sp³-hybridized carbons (Fsp3) is 0.133. The van der Waals surface area contributed by atoms with Crippen LogP contribution in [0.1, 0.15) is 17.0 Å². The van der Waals surface area contributed by atoms with Gasteiger partial charge in [0.2, 0.25) is 0 Å². The molecule has 1 atom stereocenters. The van der Waals surface area contributed by atoms with Crippen LogP contribution >= 0.6 is 0 Å². The topological polar surface area (TPSA) is 17.1 Å². The molecule has 1 heterocycles. The van der Waals surface area contributed by atoms with Crippen molar-refractivity contribution in [3.63, 3.8) is 0 Å². The van der Waals surface area contributed by atoms with Crippen molar-refractivity contribution < 1.29 is 52.8 Å². The van der Waals surface area contributed by atoms with E-state index in [2.05, 4.69) is 48.5 Å². The van der Waals surface area contributed by atoms with Crippen LogP contribution < -0.4 is 24.8 Å². The summed E-state index contributed by atoms with van der Waals surface area (Å²) in [5, 5.41) is 0. The molecule has 0 spiro atoms. The van der Waals surface area contributed by atoms with E-state index in [0.717, 1.165) is 0 Å². The van der Waals surface area contributed by atoms with E-state index in [9.17, 15) is 4.79 Å². The first-order chi connectivity index (χ1) is 8.36. The van der Waals surface area contributed by atoms with Crippen LogP contribution in [0.3, 0.4) is 0 Å². The third kappa shape index (κ3) is 2.24. The monoisotopic (exact) mass is 366 g/mol. The predicted octanol–water partition coefficient (Wildman–Crippen LogP) is -2.78. The molecule has 0 bridgehead atoms. The molecule has 0 aromatic heterocycles. The first-order valence-corrected chi connectivity index (χ1v) is 8.50. The van der Waals surface area contributed by atoms with Gasteiger partial charge in [-0.3, -0.25) is 0 Å². The molecule has 1 saturated heterocycles. The fourth-order valence-electron chi connectivity index (χ4n) is 2.90. The molecule has 94 valence electrons. The maximum absolute atomic E-state index is 11.6. The van der Waals surface area contributed by atoms with Crippen LogP contribution in [0.25, 0.3) is 11.1 Å². The van der Waals surface area contributed by atoms with Crippen molar-refractivity contribution >= 4 is 3.49 Å². The smallest absolute Gasteiger partial charge is 1.00 e. The van der Waals surface area contributed by atoms with Gasteiger partial charge in [-0.1, -0.05) is 0 Å². The summed E-state index contributed by atoms with van der Waals surface area (Å²) in [6, 6.07) is 17.1. The van der Waals surface area contributed by atoms with Gasteiger partial charge in [0.05, 0.1) is 0 Å². The zero-order valence-corrected chi connectivity index (χ0v) is 13.9. The summed E-state index contributed by atoms with van der Waals surface area (Å²) in [4.78, 5) is 11.6. The van der Waals surface area contributed by atoms with Crippen LogP contribution in [0.15, 0.2) is 48.5 Å². The summed E-state index contributed by atoms with van der Waals surface area (Å²) < 4.78 is 0.994. The Morgan fingerprint density at radius 3 is 1.63 bits per heavy atom. The Bertz CT molecular complexity index is 596.